The van der Waals surface area contributed by atoms with Crippen LogP contribution in [0.15, 0.2) is 54.6 Å². The maximum absolute atomic E-state index is 11.6. The van der Waals surface area contributed by atoms with Crippen molar-refractivity contribution in [1.29, 1.82) is 0 Å². The molecule has 0 saturated carbocycles. The molecule has 0 unspecified atom stereocenters. The van der Waals surface area contributed by atoms with Crippen LogP contribution in [0.3, 0.4) is 0 Å². The molecule has 0 fully saturated rings. The fourth-order valence-electron chi connectivity index (χ4n) is 1.61. The van der Waals surface area contributed by atoms with E-state index in [0.717, 1.165) is 5.56 Å². The third-order valence-electron chi connectivity index (χ3n) is 2.63. The first-order valence-electron chi connectivity index (χ1n) is 6.39. The summed E-state index contributed by atoms with van der Waals surface area (Å²) < 4.78 is 5.60. The lowest BCUT2D eigenvalue weighted by Crippen LogP contribution is -2.24. The Morgan fingerprint density at radius 2 is 1.67 bits per heavy atom. The highest BCUT2D eigenvalue weighted by atomic mass is 16.7. The van der Waals surface area contributed by atoms with Crippen molar-refractivity contribution in [2.75, 3.05) is 0 Å². The van der Waals surface area contributed by atoms with E-state index in [1.54, 1.807) is 24.3 Å². The summed E-state index contributed by atoms with van der Waals surface area (Å²) in [6, 6.07) is 16.3. The van der Waals surface area contributed by atoms with Gasteiger partial charge in [-0.3, -0.25) is 4.79 Å². The minimum Gasteiger partial charge on any atom is -0.489 e. The first-order chi connectivity index (χ1) is 10.1. The van der Waals surface area contributed by atoms with Crippen molar-refractivity contribution in [1.82, 2.24) is 5.48 Å². The van der Waals surface area contributed by atoms with Gasteiger partial charge < -0.3 is 9.57 Å². The predicted octanol–water partition coefficient (Wildman–Crippen LogP) is 2.47. The van der Waals surface area contributed by atoms with Gasteiger partial charge in [-0.25, -0.2) is 4.79 Å². The van der Waals surface area contributed by atoms with Gasteiger partial charge in [-0.2, -0.15) is 5.48 Å². The van der Waals surface area contributed by atoms with Gasteiger partial charge in [0.2, 0.25) is 5.91 Å². The quantitative estimate of drug-likeness (QED) is 0.876. The van der Waals surface area contributed by atoms with Crippen molar-refractivity contribution in [2.24, 2.45) is 0 Å². The number of benzene rings is 2. The summed E-state index contributed by atoms with van der Waals surface area (Å²) in [6.45, 7) is 1.71. The lowest BCUT2D eigenvalue weighted by Gasteiger charge is -2.07. The molecule has 0 heterocycles. The molecule has 0 saturated heterocycles. The molecule has 2 rings (SSSR count). The molecule has 2 aromatic rings. The Kier molecular flexibility index (Phi) is 4.93. The summed E-state index contributed by atoms with van der Waals surface area (Å²) in [7, 11) is 0. The molecule has 0 aromatic heterocycles. The van der Waals surface area contributed by atoms with Crippen LogP contribution in [-0.2, 0) is 16.2 Å². The predicted molar refractivity (Wildman–Crippen MR) is 76.4 cm³/mol. The zero-order valence-electron chi connectivity index (χ0n) is 11.5. The van der Waals surface area contributed by atoms with Crippen LogP contribution in [0.5, 0.6) is 5.75 Å². The molecule has 0 bridgehead atoms. The average Bonchev–Trinajstić information content (AvgIpc) is 2.52. The zero-order chi connectivity index (χ0) is 15.1. The van der Waals surface area contributed by atoms with Crippen LogP contribution < -0.4 is 10.2 Å². The molecule has 1 amide bonds. The van der Waals surface area contributed by atoms with E-state index in [1.165, 1.54) is 6.92 Å². The third kappa shape index (κ3) is 4.65. The number of rotatable bonds is 4. The van der Waals surface area contributed by atoms with Crippen LogP contribution in [0.4, 0.5) is 0 Å². The van der Waals surface area contributed by atoms with Gasteiger partial charge in [0.15, 0.2) is 0 Å². The molecular formula is C16H15NO4. The van der Waals surface area contributed by atoms with E-state index in [0.29, 0.717) is 17.9 Å². The first-order valence-corrected chi connectivity index (χ1v) is 6.39. The fourth-order valence-corrected chi connectivity index (χ4v) is 1.61. The lowest BCUT2D eigenvalue weighted by atomic mass is 10.2. The molecule has 1 N–H and O–H groups in total. The van der Waals surface area contributed by atoms with E-state index in [9.17, 15) is 9.59 Å². The highest BCUT2D eigenvalue weighted by Gasteiger charge is 2.08. The molecule has 0 radical (unpaired) electrons. The summed E-state index contributed by atoms with van der Waals surface area (Å²) in [5.41, 5.74) is 3.38. The smallest absolute Gasteiger partial charge is 0.362 e. The van der Waals surface area contributed by atoms with Crippen molar-refractivity contribution in [3.05, 3.63) is 65.7 Å². The van der Waals surface area contributed by atoms with E-state index in [-0.39, 0.29) is 0 Å². The summed E-state index contributed by atoms with van der Waals surface area (Å²) in [4.78, 5) is 26.8. The molecule has 0 aliphatic heterocycles. The first kappa shape index (κ1) is 14.6. The van der Waals surface area contributed by atoms with Gasteiger partial charge in [-0.15, -0.1) is 0 Å². The second-order valence-electron chi connectivity index (χ2n) is 4.35. The van der Waals surface area contributed by atoms with Gasteiger partial charge in [0.05, 0.1) is 5.56 Å². The second-order valence-corrected chi connectivity index (χ2v) is 4.35. The minimum absolute atomic E-state index is 0.329. The van der Waals surface area contributed by atoms with Gasteiger partial charge in [0, 0.05) is 6.92 Å². The van der Waals surface area contributed by atoms with E-state index < -0.39 is 11.9 Å². The highest BCUT2D eigenvalue weighted by Crippen LogP contribution is 2.14. The van der Waals surface area contributed by atoms with Crippen molar-refractivity contribution >= 4 is 11.9 Å². The van der Waals surface area contributed by atoms with Crippen LogP contribution in [0.25, 0.3) is 0 Å². The Bertz CT molecular complexity index is 608. The normalized spacial score (nSPS) is 9.76. The molecule has 5 nitrogen and oxygen atoms in total. The summed E-state index contributed by atoms with van der Waals surface area (Å²) >= 11 is 0. The Labute approximate surface area is 122 Å². The molecule has 2 aromatic carbocycles. The topological polar surface area (TPSA) is 64.6 Å². The van der Waals surface area contributed by atoms with Crippen LogP contribution in [0.1, 0.15) is 22.8 Å². The van der Waals surface area contributed by atoms with Gasteiger partial charge in [0.1, 0.15) is 12.4 Å². The summed E-state index contributed by atoms with van der Waals surface area (Å²) in [6.07, 6.45) is 0. The number of amides is 1. The molecule has 0 aliphatic carbocycles. The largest absolute Gasteiger partial charge is 0.489 e. The molecule has 5 heteroatoms. The molecule has 108 valence electrons. The Balaban J connectivity index is 1.89. The second kappa shape index (κ2) is 7.09. The highest BCUT2D eigenvalue weighted by molar-refractivity contribution is 5.90. The number of nitrogens with one attached hydrogen (secondary N) is 1. The number of hydroxylamine groups is 1. The van der Waals surface area contributed by atoms with Gasteiger partial charge in [-0.05, 0) is 29.8 Å². The van der Waals surface area contributed by atoms with E-state index in [2.05, 4.69) is 4.84 Å². The Morgan fingerprint density at radius 3 is 2.29 bits per heavy atom. The van der Waals surface area contributed by atoms with Crippen molar-refractivity contribution in [3.8, 4) is 5.75 Å². The lowest BCUT2D eigenvalue weighted by molar-refractivity contribution is -0.127. The van der Waals surface area contributed by atoms with Crippen molar-refractivity contribution in [3.63, 3.8) is 0 Å². The number of carbonyl (C=O) groups excluding carboxylic acids is 2. The van der Waals surface area contributed by atoms with Gasteiger partial charge in [-0.1, -0.05) is 30.3 Å². The van der Waals surface area contributed by atoms with Crippen molar-refractivity contribution < 1.29 is 19.2 Å². The number of hydrogen-bond donors (Lipinski definition) is 1. The molecular weight excluding hydrogens is 270 g/mol. The van der Waals surface area contributed by atoms with Crippen molar-refractivity contribution in [2.45, 2.75) is 13.5 Å². The molecule has 21 heavy (non-hydrogen) atoms. The monoisotopic (exact) mass is 285 g/mol. The fraction of sp³-hybridized carbons (Fsp3) is 0.125. The van der Waals surface area contributed by atoms with E-state index in [4.69, 9.17) is 4.74 Å². The average molecular weight is 285 g/mol. The maximum Gasteiger partial charge on any atom is 0.362 e. The summed E-state index contributed by atoms with van der Waals surface area (Å²) in [5.74, 6) is -0.416. The van der Waals surface area contributed by atoms with E-state index >= 15 is 0 Å². The SMILES string of the molecule is CC(=O)NOC(=O)c1ccc(OCc2ccccc2)cc1. The number of carbonyl (C=O) groups is 2. The van der Waals surface area contributed by atoms with Crippen LogP contribution in [0.2, 0.25) is 0 Å². The Morgan fingerprint density at radius 1 is 1.00 bits per heavy atom. The molecule has 0 aliphatic rings. The summed E-state index contributed by atoms with van der Waals surface area (Å²) in [5, 5.41) is 0. The van der Waals surface area contributed by atoms with E-state index in [1.807, 2.05) is 35.8 Å². The van der Waals surface area contributed by atoms with Gasteiger partial charge in [0.25, 0.3) is 0 Å². The van der Waals surface area contributed by atoms with Gasteiger partial charge >= 0.3 is 5.97 Å². The molecule has 0 spiro atoms. The Hall–Kier alpha value is -2.82. The third-order valence-corrected chi connectivity index (χ3v) is 2.63. The maximum atomic E-state index is 11.6. The number of hydrogen-bond acceptors (Lipinski definition) is 4. The standard InChI is InChI=1S/C16H15NO4/c1-12(18)17-21-16(19)14-7-9-15(10-8-14)20-11-13-5-3-2-4-6-13/h2-10H,11H2,1H3,(H,17,18). The zero-order valence-corrected chi connectivity index (χ0v) is 11.5. The minimum atomic E-state index is -0.625. The molecule has 0 atom stereocenters. The van der Waals surface area contributed by atoms with Crippen LogP contribution >= 0.6 is 0 Å². The van der Waals surface area contributed by atoms with Crippen LogP contribution in [-0.4, -0.2) is 11.9 Å². The van der Waals surface area contributed by atoms with Crippen LogP contribution in [0, 0.1) is 0 Å². The number of ether oxygens (including phenoxy) is 1.